The van der Waals surface area contributed by atoms with Gasteiger partial charge < -0.3 is 10.4 Å². The molecule has 1 unspecified atom stereocenters. The van der Waals surface area contributed by atoms with E-state index in [1.165, 1.54) is 0 Å². The predicted octanol–water partition coefficient (Wildman–Crippen LogP) is 0.805. The van der Waals surface area contributed by atoms with Crippen LogP contribution >= 0.6 is 11.8 Å². The lowest BCUT2D eigenvalue weighted by atomic mass is 10.2. The summed E-state index contributed by atoms with van der Waals surface area (Å²) >= 11 is 1.64. The number of aryl methyl sites for hydroxylation is 2. The van der Waals surface area contributed by atoms with Crippen LogP contribution in [-0.4, -0.2) is 39.1 Å². The monoisotopic (exact) mass is 285 g/mol. The molecular formula is C12H19N3O3S. The van der Waals surface area contributed by atoms with Crippen molar-refractivity contribution in [3.8, 4) is 0 Å². The first-order valence-corrected chi connectivity index (χ1v) is 7.26. The maximum Gasteiger partial charge on any atom is 0.326 e. The fourth-order valence-electron chi connectivity index (χ4n) is 1.62. The van der Waals surface area contributed by atoms with Gasteiger partial charge in [0.05, 0.1) is 5.69 Å². The first-order chi connectivity index (χ1) is 9.08. The van der Waals surface area contributed by atoms with Crippen molar-refractivity contribution in [2.45, 2.75) is 31.6 Å². The van der Waals surface area contributed by atoms with Gasteiger partial charge in [0.2, 0.25) is 6.41 Å². The van der Waals surface area contributed by atoms with E-state index < -0.39 is 12.0 Å². The Morgan fingerprint density at radius 1 is 1.68 bits per heavy atom. The molecular weight excluding hydrogens is 266 g/mol. The molecule has 0 aliphatic rings. The SMILES string of the molecule is CCc1cc(CSCCC(NC=O)C(=O)O)n(C)n1. The molecule has 0 aliphatic heterocycles. The summed E-state index contributed by atoms with van der Waals surface area (Å²) in [4.78, 5) is 21.1. The summed E-state index contributed by atoms with van der Waals surface area (Å²) < 4.78 is 1.85. The third-order valence-electron chi connectivity index (χ3n) is 2.76. The van der Waals surface area contributed by atoms with Crippen LogP contribution in [0.15, 0.2) is 6.07 Å². The second kappa shape index (κ2) is 7.83. The van der Waals surface area contributed by atoms with Crippen LogP contribution in [0.2, 0.25) is 0 Å². The van der Waals surface area contributed by atoms with Gasteiger partial charge in [0.1, 0.15) is 6.04 Å². The molecule has 1 rings (SSSR count). The summed E-state index contributed by atoms with van der Waals surface area (Å²) in [6.07, 6.45) is 1.75. The van der Waals surface area contributed by atoms with E-state index >= 15 is 0 Å². The largest absolute Gasteiger partial charge is 0.480 e. The summed E-state index contributed by atoms with van der Waals surface area (Å²) in [5.41, 5.74) is 2.18. The van der Waals surface area contributed by atoms with E-state index in [0.717, 1.165) is 23.6 Å². The summed E-state index contributed by atoms with van der Waals surface area (Å²) in [5.74, 6) is 0.461. The van der Waals surface area contributed by atoms with E-state index in [9.17, 15) is 9.59 Å². The molecule has 19 heavy (non-hydrogen) atoms. The van der Waals surface area contributed by atoms with Crippen LogP contribution in [0.1, 0.15) is 24.7 Å². The Morgan fingerprint density at radius 2 is 2.42 bits per heavy atom. The van der Waals surface area contributed by atoms with Gasteiger partial charge in [0.15, 0.2) is 0 Å². The van der Waals surface area contributed by atoms with E-state index in [2.05, 4.69) is 23.4 Å². The number of nitrogens with one attached hydrogen (secondary N) is 1. The third kappa shape index (κ3) is 4.94. The summed E-state index contributed by atoms with van der Waals surface area (Å²) in [5, 5.41) is 15.5. The van der Waals surface area contributed by atoms with Crippen LogP contribution in [0.5, 0.6) is 0 Å². The smallest absolute Gasteiger partial charge is 0.326 e. The quantitative estimate of drug-likeness (QED) is 0.518. The van der Waals surface area contributed by atoms with Gasteiger partial charge in [-0.2, -0.15) is 16.9 Å². The van der Waals surface area contributed by atoms with Gasteiger partial charge in [-0.25, -0.2) is 4.79 Å². The molecule has 1 amide bonds. The van der Waals surface area contributed by atoms with Crippen molar-refractivity contribution in [2.24, 2.45) is 7.05 Å². The van der Waals surface area contributed by atoms with Gasteiger partial charge in [0, 0.05) is 18.5 Å². The standard InChI is InChI=1S/C12H19N3O3S/c1-3-9-6-10(15(2)14-9)7-19-5-4-11(12(17)18)13-8-16/h6,8,11H,3-5,7H2,1-2H3,(H,13,16)(H,17,18). The van der Waals surface area contributed by atoms with Gasteiger partial charge in [-0.3, -0.25) is 9.48 Å². The number of amides is 1. The molecule has 0 aliphatic carbocycles. The van der Waals surface area contributed by atoms with Crippen LogP contribution in [-0.2, 0) is 28.8 Å². The zero-order chi connectivity index (χ0) is 14.3. The molecule has 1 aromatic heterocycles. The number of nitrogens with zero attached hydrogens (tertiary/aromatic N) is 2. The Labute approximate surface area is 116 Å². The number of thioether (sulfide) groups is 1. The van der Waals surface area contributed by atoms with Gasteiger partial charge >= 0.3 is 5.97 Å². The molecule has 0 fully saturated rings. The normalized spacial score (nSPS) is 12.1. The minimum absolute atomic E-state index is 0.414. The average molecular weight is 285 g/mol. The molecule has 6 nitrogen and oxygen atoms in total. The van der Waals surface area contributed by atoms with Gasteiger partial charge in [-0.05, 0) is 24.7 Å². The van der Waals surface area contributed by atoms with E-state index in [1.807, 2.05) is 11.7 Å². The molecule has 2 N–H and O–H groups in total. The van der Waals surface area contributed by atoms with Crippen LogP contribution in [0.4, 0.5) is 0 Å². The molecule has 1 atom stereocenters. The fourth-order valence-corrected chi connectivity index (χ4v) is 2.64. The lowest BCUT2D eigenvalue weighted by Gasteiger charge is -2.10. The Balaban J connectivity index is 2.35. The Kier molecular flexibility index (Phi) is 6.41. The van der Waals surface area contributed by atoms with Crippen LogP contribution in [0.3, 0.4) is 0 Å². The van der Waals surface area contributed by atoms with E-state index in [-0.39, 0.29) is 0 Å². The molecule has 0 spiro atoms. The molecule has 0 saturated heterocycles. The lowest BCUT2D eigenvalue weighted by molar-refractivity contribution is -0.140. The Morgan fingerprint density at radius 3 is 2.95 bits per heavy atom. The van der Waals surface area contributed by atoms with Crippen molar-refractivity contribution in [3.05, 3.63) is 17.5 Å². The highest BCUT2D eigenvalue weighted by Crippen LogP contribution is 2.15. The topological polar surface area (TPSA) is 84.2 Å². The molecule has 0 aromatic carbocycles. The molecule has 0 bridgehead atoms. The highest BCUT2D eigenvalue weighted by atomic mass is 32.2. The number of hydrogen-bond acceptors (Lipinski definition) is 4. The van der Waals surface area contributed by atoms with E-state index in [1.54, 1.807) is 11.8 Å². The molecule has 0 radical (unpaired) electrons. The number of aromatic nitrogens is 2. The van der Waals surface area contributed by atoms with Gasteiger partial charge in [-0.1, -0.05) is 6.92 Å². The van der Waals surface area contributed by atoms with Crippen LogP contribution < -0.4 is 5.32 Å². The van der Waals surface area contributed by atoms with Crippen molar-refractivity contribution in [1.82, 2.24) is 15.1 Å². The molecule has 0 saturated carbocycles. The summed E-state index contributed by atoms with van der Waals surface area (Å²) in [6, 6.07) is 1.26. The second-order valence-electron chi connectivity index (χ2n) is 4.12. The summed E-state index contributed by atoms with van der Waals surface area (Å²) in [7, 11) is 1.91. The zero-order valence-corrected chi connectivity index (χ0v) is 11.9. The molecule has 1 heterocycles. The van der Waals surface area contributed by atoms with Gasteiger partial charge in [-0.15, -0.1) is 0 Å². The predicted molar refractivity (Wildman–Crippen MR) is 74.0 cm³/mol. The fraction of sp³-hybridized carbons (Fsp3) is 0.583. The molecule has 7 heteroatoms. The zero-order valence-electron chi connectivity index (χ0n) is 11.1. The average Bonchev–Trinajstić information content (AvgIpc) is 2.73. The van der Waals surface area contributed by atoms with Crippen molar-refractivity contribution < 1.29 is 14.7 Å². The van der Waals surface area contributed by atoms with Crippen molar-refractivity contribution in [1.29, 1.82) is 0 Å². The van der Waals surface area contributed by atoms with Crippen LogP contribution in [0.25, 0.3) is 0 Å². The third-order valence-corrected chi connectivity index (χ3v) is 3.78. The van der Waals surface area contributed by atoms with Crippen molar-refractivity contribution >= 4 is 24.1 Å². The minimum Gasteiger partial charge on any atom is -0.480 e. The first kappa shape index (κ1) is 15.6. The summed E-state index contributed by atoms with van der Waals surface area (Å²) in [6.45, 7) is 2.06. The maximum atomic E-state index is 10.8. The highest BCUT2D eigenvalue weighted by molar-refractivity contribution is 7.98. The number of rotatable bonds is 9. The molecule has 1 aromatic rings. The highest BCUT2D eigenvalue weighted by Gasteiger charge is 2.15. The maximum absolute atomic E-state index is 10.8. The van der Waals surface area contributed by atoms with Crippen molar-refractivity contribution in [3.63, 3.8) is 0 Å². The lowest BCUT2D eigenvalue weighted by Crippen LogP contribution is -2.36. The minimum atomic E-state index is -0.999. The number of aliphatic carboxylic acids is 1. The first-order valence-electron chi connectivity index (χ1n) is 6.10. The molecule has 106 valence electrons. The van der Waals surface area contributed by atoms with Gasteiger partial charge in [0.25, 0.3) is 0 Å². The van der Waals surface area contributed by atoms with E-state index in [4.69, 9.17) is 5.11 Å². The Bertz CT molecular complexity index is 434. The number of carboxylic acid groups (broad SMARTS) is 1. The number of hydrogen-bond donors (Lipinski definition) is 2. The van der Waals surface area contributed by atoms with Crippen molar-refractivity contribution in [2.75, 3.05) is 5.75 Å². The van der Waals surface area contributed by atoms with Crippen LogP contribution in [0, 0.1) is 0 Å². The van der Waals surface area contributed by atoms with E-state index in [0.29, 0.717) is 18.6 Å². The number of carbonyl (C=O) groups is 2. The Hall–Kier alpha value is -1.50. The number of carboxylic acids is 1. The number of carbonyl (C=O) groups excluding carboxylic acids is 1. The second-order valence-corrected chi connectivity index (χ2v) is 5.23.